The van der Waals surface area contributed by atoms with Crippen LogP contribution in [0.2, 0.25) is 10.0 Å². The molecule has 0 bridgehead atoms. The Labute approximate surface area is 317 Å². The number of aromatic nitrogens is 2. The molecule has 2 unspecified atom stereocenters. The summed E-state index contributed by atoms with van der Waals surface area (Å²) >= 11 is 12.7. The van der Waals surface area contributed by atoms with Crippen LogP contribution in [0.5, 0.6) is 23.0 Å². The van der Waals surface area contributed by atoms with Crippen molar-refractivity contribution in [3.8, 4) is 23.0 Å². The molecule has 14 heteroatoms. The molecule has 0 radical (unpaired) electrons. The number of amides is 1. The number of carbonyl (C=O) groups excluding carboxylic acids is 1. The number of hydrogen-bond donors (Lipinski definition) is 1. The first-order chi connectivity index (χ1) is 25.6. The van der Waals surface area contributed by atoms with Crippen LogP contribution < -0.4 is 23.8 Å². The minimum Gasteiger partial charge on any atom is -0.497 e. The van der Waals surface area contributed by atoms with Gasteiger partial charge in [0, 0.05) is 71.0 Å². The van der Waals surface area contributed by atoms with Gasteiger partial charge in [0.1, 0.15) is 40.2 Å². The van der Waals surface area contributed by atoms with E-state index in [1.807, 2.05) is 47.4 Å². The topological polar surface area (TPSA) is 129 Å². The quantitative estimate of drug-likeness (QED) is 0.154. The fraction of sp³-hybridized carbons (Fsp3) is 0.359. The summed E-state index contributed by atoms with van der Waals surface area (Å²) < 4.78 is 34.8. The van der Waals surface area contributed by atoms with Gasteiger partial charge in [-0.3, -0.25) is 9.78 Å². The SMILES string of the molecule is COc1ccc(CN(Cc2ccc(OC)cc2OC)c2nc3cncc(C4(O)CCOC(C(=O)N5CCc6cc(Cl)cc(Cl)c6C5)C4)c3o2)c(OC)c1. The molecule has 5 aromatic rings. The van der Waals surface area contributed by atoms with Gasteiger partial charge in [0.2, 0.25) is 0 Å². The second kappa shape index (κ2) is 15.3. The molecule has 278 valence electrons. The number of nitrogens with zero attached hydrogens (tertiary/aromatic N) is 4. The van der Waals surface area contributed by atoms with E-state index in [2.05, 4.69) is 4.98 Å². The number of halogens is 2. The Morgan fingerprint density at radius 3 is 2.28 bits per heavy atom. The van der Waals surface area contributed by atoms with E-state index in [-0.39, 0.29) is 31.4 Å². The molecule has 1 N–H and O–H groups in total. The lowest BCUT2D eigenvalue weighted by Crippen LogP contribution is -2.49. The highest BCUT2D eigenvalue weighted by molar-refractivity contribution is 6.35. The molecule has 1 amide bonds. The molecule has 3 aromatic carbocycles. The minimum absolute atomic E-state index is 0.0101. The van der Waals surface area contributed by atoms with E-state index in [1.54, 1.807) is 51.8 Å². The van der Waals surface area contributed by atoms with Gasteiger partial charge in [0.05, 0.1) is 54.3 Å². The van der Waals surface area contributed by atoms with E-state index in [4.69, 9.17) is 56.3 Å². The molecule has 2 aliphatic heterocycles. The average Bonchev–Trinajstić information content (AvgIpc) is 3.62. The number of pyridine rings is 1. The number of benzene rings is 3. The standard InChI is InChI=1S/C39H40Cl2N4O8/c1-48-27-7-5-24(33(15-27)50-3)20-45(21-25-6-8-28(49-2)16-34(25)51-4)38-43-32-19-42-18-30(36(32)53-38)39(47)10-12-52-35(17-39)37(46)44-11-9-23-13-26(40)14-31(41)29(23)22-44/h5-8,13-16,18-19,35,47H,9-12,17,20-22H2,1-4H3. The molecule has 2 atom stereocenters. The van der Waals surface area contributed by atoms with Crippen LogP contribution in [0.4, 0.5) is 6.01 Å². The van der Waals surface area contributed by atoms with Crippen molar-refractivity contribution in [3.05, 3.63) is 98.8 Å². The number of aliphatic hydroxyl groups is 1. The number of anilines is 1. The van der Waals surface area contributed by atoms with Gasteiger partial charge in [-0.15, -0.1) is 0 Å². The lowest BCUT2D eigenvalue weighted by atomic mass is 9.83. The minimum atomic E-state index is -1.48. The third-order valence-electron chi connectivity index (χ3n) is 9.97. The summed E-state index contributed by atoms with van der Waals surface area (Å²) in [6.07, 6.45) is 3.14. The highest BCUT2D eigenvalue weighted by Gasteiger charge is 2.43. The van der Waals surface area contributed by atoms with Crippen LogP contribution in [0.15, 0.2) is 65.3 Å². The molecule has 4 heterocycles. The lowest BCUT2D eigenvalue weighted by Gasteiger charge is -2.39. The number of ether oxygens (including phenoxy) is 5. The summed E-state index contributed by atoms with van der Waals surface area (Å²) in [6, 6.07) is 15.1. The first-order valence-corrected chi connectivity index (χ1v) is 17.9. The highest BCUT2D eigenvalue weighted by Crippen LogP contribution is 2.41. The van der Waals surface area contributed by atoms with Crippen LogP contribution >= 0.6 is 23.2 Å². The third-order valence-corrected chi connectivity index (χ3v) is 10.5. The Bertz CT molecular complexity index is 2090. The summed E-state index contributed by atoms with van der Waals surface area (Å²) in [7, 11) is 6.41. The van der Waals surface area contributed by atoms with Crippen molar-refractivity contribution >= 4 is 46.2 Å². The predicted octanol–water partition coefficient (Wildman–Crippen LogP) is 6.72. The number of carbonyl (C=O) groups is 1. The van der Waals surface area contributed by atoms with Gasteiger partial charge in [-0.05, 0) is 53.9 Å². The van der Waals surface area contributed by atoms with Crippen molar-refractivity contribution < 1.29 is 38.0 Å². The van der Waals surface area contributed by atoms with E-state index in [0.29, 0.717) is 82.3 Å². The largest absolute Gasteiger partial charge is 0.497 e. The average molecular weight is 764 g/mol. The van der Waals surface area contributed by atoms with E-state index < -0.39 is 11.7 Å². The molecule has 0 aliphatic carbocycles. The fourth-order valence-electron chi connectivity index (χ4n) is 7.09. The summed E-state index contributed by atoms with van der Waals surface area (Å²) in [5.41, 5.74) is 3.38. The predicted molar refractivity (Wildman–Crippen MR) is 199 cm³/mol. The maximum Gasteiger partial charge on any atom is 0.299 e. The Kier molecular flexibility index (Phi) is 10.6. The normalized spacial score (nSPS) is 18.4. The number of fused-ring (bicyclic) bond motifs is 2. The van der Waals surface area contributed by atoms with Gasteiger partial charge in [0.25, 0.3) is 11.9 Å². The van der Waals surface area contributed by atoms with Crippen molar-refractivity contribution in [1.29, 1.82) is 0 Å². The van der Waals surface area contributed by atoms with E-state index >= 15 is 0 Å². The zero-order valence-corrected chi connectivity index (χ0v) is 31.4. The Morgan fingerprint density at radius 2 is 1.64 bits per heavy atom. The fourth-order valence-corrected chi connectivity index (χ4v) is 7.69. The smallest absolute Gasteiger partial charge is 0.299 e. The monoisotopic (exact) mass is 762 g/mol. The van der Waals surface area contributed by atoms with E-state index in [0.717, 1.165) is 22.3 Å². The van der Waals surface area contributed by atoms with Crippen molar-refractivity contribution in [2.45, 2.75) is 50.6 Å². The molecule has 12 nitrogen and oxygen atoms in total. The second-order valence-corrected chi connectivity index (χ2v) is 14.0. The molecule has 0 saturated carbocycles. The van der Waals surface area contributed by atoms with Gasteiger partial charge in [0.15, 0.2) is 5.58 Å². The zero-order valence-electron chi connectivity index (χ0n) is 29.9. The molecule has 1 saturated heterocycles. The van der Waals surface area contributed by atoms with Gasteiger partial charge in [-0.25, -0.2) is 0 Å². The Balaban J connectivity index is 1.20. The molecule has 1 fully saturated rings. The number of rotatable bonds is 11. The van der Waals surface area contributed by atoms with Crippen molar-refractivity contribution in [3.63, 3.8) is 0 Å². The number of oxazole rings is 1. The third kappa shape index (κ3) is 7.41. The zero-order chi connectivity index (χ0) is 37.3. The summed E-state index contributed by atoms with van der Waals surface area (Å²) in [4.78, 5) is 26.8. The van der Waals surface area contributed by atoms with Crippen LogP contribution in [0.3, 0.4) is 0 Å². The first-order valence-electron chi connectivity index (χ1n) is 17.1. The van der Waals surface area contributed by atoms with Gasteiger partial charge >= 0.3 is 0 Å². The van der Waals surface area contributed by atoms with Crippen molar-refractivity contribution in [2.24, 2.45) is 0 Å². The maximum absolute atomic E-state index is 13.9. The summed E-state index contributed by atoms with van der Waals surface area (Å²) in [5.74, 6) is 2.36. The molecule has 0 spiro atoms. The first kappa shape index (κ1) is 36.6. The highest BCUT2D eigenvalue weighted by atomic mass is 35.5. The second-order valence-electron chi connectivity index (χ2n) is 13.1. The maximum atomic E-state index is 13.9. The van der Waals surface area contributed by atoms with Crippen LogP contribution in [0.1, 0.15) is 40.7 Å². The lowest BCUT2D eigenvalue weighted by molar-refractivity contribution is -0.161. The number of hydrogen-bond acceptors (Lipinski definition) is 11. The molecule has 7 rings (SSSR count). The van der Waals surface area contributed by atoms with E-state index in [1.165, 1.54) is 0 Å². The molecule has 2 aliphatic rings. The van der Waals surface area contributed by atoms with Gasteiger partial charge in [-0.2, -0.15) is 4.98 Å². The van der Waals surface area contributed by atoms with E-state index in [9.17, 15) is 9.90 Å². The van der Waals surface area contributed by atoms with Crippen molar-refractivity contribution in [2.75, 3.05) is 46.5 Å². The van der Waals surface area contributed by atoms with Crippen LogP contribution in [0.25, 0.3) is 11.1 Å². The Morgan fingerprint density at radius 1 is 0.962 bits per heavy atom. The Hall–Kier alpha value is -4.75. The van der Waals surface area contributed by atoms with Crippen LogP contribution in [0, 0.1) is 0 Å². The molecular weight excluding hydrogens is 723 g/mol. The molecular formula is C39H40Cl2N4O8. The molecule has 2 aromatic heterocycles. The van der Waals surface area contributed by atoms with Gasteiger partial charge in [-0.1, -0.05) is 23.2 Å². The molecule has 53 heavy (non-hydrogen) atoms. The van der Waals surface area contributed by atoms with Gasteiger partial charge < -0.3 is 43.0 Å². The van der Waals surface area contributed by atoms with Crippen LogP contribution in [-0.2, 0) is 41.2 Å². The summed E-state index contributed by atoms with van der Waals surface area (Å²) in [5, 5.41) is 13.3. The van der Waals surface area contributed by atoms with Crippen LogP contribution in [-0.4, -0.2) is 73.6 Å². The number of methoxy groups -OCH3 is 4. The summed E-state index contributed by atoms with van der Waals surface area (Å²) in [6.45, 7) is 1.64. The van der Waals surface area contributed by atoms with Crippen molar-refractivity contribution in [1.82, 2.24) is 14.9 Å².